The number of hydrogen-bond acceptors (Lipinski definition) is 6. The number of ether oxygens (including phenoxy) is 1. The van der Waals surface area contributed by atoms with Crippen LogP contribution in [0.1, 0.15) is 45.1 Å². The molecule has 1 amide bonds. The molecule has 0 aliphatic heterocycles. The minimum atomic E-state index is -0.0673. The fraction of sp³-hybridized carbons (Fsp3) is 0.381. The molecule has 1 aromatic carbocycles. The zero-order chi connectivity index (χ0) is 20.1. The average molecular weight is 400 g/mol. The Balaban J connectivity index is 1.56. The smallest absolute Gasteiger partial charge is 0.226 e. The van der Waals surface area contributed by atoms with Gasteiger partial charge in [-0.3, -0.25) is 4.79 Å². The van der Waals surface area contributed by atoms with Crippen LogP contribution in [0.2, 0.25) is 0 Å². The first kappa shape index (κ1) is 20.1. The van der Waals surface area contributed by atoms with E-state index in [0.717, 1.165) is 10.4 Å². The second-order valence-corrected chi connectivity index (χ2v) is 8.50. The van der Waals surface area contributed by atoms with E-state index < -0.39 is 0 Å². The summed E-state index contributed by atoms with van der Waals surface area (Å²) in [5.41, 5.74) is 1.82. The number of methoxy groups -OCH3 is 1. The van der Waals surface area contributed by atoms with Crippen LogP contribution in [0.15, 0.2) is 40.2 Å². The summed E-state index contributed by atoms with van der Waals surface area (Å²) >= 11 is 1.56. The van der Waals surface area contributed by atoms with Gasteiger partial charge in [0.25, 0.3) is 0 Å². The molecule has 6 nitrogen and oxygen atoms in total. The van der Waals surface area contributed by atoms with Crippen LogP contribution < -0.4 is 10.1 Å². The van der Waals surface area contributed by atoms with Crippen molar-refractivity contribution in [2.24, 2.45) is 0 Å². The maximum absolute atomic E-state index is 12.4. The normalized spacial score (nSPS) is 11.4. The summed E-state index contributed by atoms with van der Waals surface area (Å²) in [4.78, 5) is 17.7. The van der Waals surface area contributed by atoms with Gasteiger partial charge in [-0.25, -0.2) is 0 Å². The summed E-state index contributed by atoms with van der Waals surface area (Å²) in [7, 11) is 1.60. The number of anilines is 1. The third-order valence-corrected chi connectivity index (χ3v) is 5.21. The van der Waals surface area contributed by atoms with Gasteiger partial charge in [0.1, 0.15) is 5.75 Å². The number of amides is 1. The fourth-order valence-corrected chi connectivity index (χ4v) is 3.40. The summed E-state index contributed by atoms with van der Waals surface area (Å²) < 4.78 is 10.7. The zero-order valence-corrected chi connectivity index (χ0v) is 17.4. The lowest BCUT2D eigenvalue weighted by Crippen LogP contribution is -2.15. The summed E-state index contributed by atoms with van der Waals surface area (Å²) in [6, 6.07) is 9.78. The molecular formula is C21H25N3O3S. The summed E-state index contributed by atoms with van der Waals surface area (Å²) in [5, 5.41) is 8.92. The van der Waals surface area contributed by atoms with Gasteiger partial charge in [-0.1, -0.05) is 38.1 Å². The maximum atomic E-state index is 12.4. The van der Waals surface area contributed by atoms with Crippen molar-refractivity contribution >= 4 is 22.9 Å². The lowest BCUT2D eigenvalue weighted by molar-refractivity contribution is -0.116. The molecular weight excluding hydrogens is 374 g/mol. The molecule has 0 saturated carbocycles. The zero-order valence-electron chi connectivity index (χ0n) is 16.6. The maximum Gasteiger partial charge on any atom is 0.226 e. The number of aromatic nitrogens is 2. The molecule has 0 radical (unpaired) electrons. The van der Waals surface area contributed by atoms with Crippen LogP contribution in [0.25, 0.3) is 10.7 Å². The number of thiophene rings is 1. The minimum absolute atomic E-state index is 0.00994. The van der Waals surface area contributed by atoms with Crippen LogP contribution in [0.4, 0.5) is 5.69 Å². The highest BCUT2D eigenvalue weighted by atomic mass is 32.1. The molecule has 28 heavy (non-hydrogen) atoms. The summed E-state index contributed by atoms with van der Waals surface area (Å²) in [5.74, 6) is 1.72. The quantitative estimate of drug-likeness (QED) is 0.600. The molecule has 7 heteroatoms. The third-order valence-electron chi connectivity index (χ3n) is 4.34. The minimum Gasteiger partial charge on any atom is -0.495 e. The number of nitrogens with zero attached hydrogens (tertiary/aromatic N) is 2. The molecule has 0 fully saturated rings. The van der Waals surface area contributed by atoms with E-state index in [4.69, 9.17) is 9.26 Å². The lowest BCUT2D eigenvalue weighted by atomic mass is 9.87. The standard InChI is InChI=1S/C21H25N3O3S/c1-21(2,3)14-10-11-16(26-4)15(13-14)22-18(25)8-5-9-19-23-20(24-27-19)17-7-6-12-28-17/h6-7,10-13H,5,8-9H2,1-4H3,(H,22,25). The van der Waals surface area contributed by atoms with Crippen LogP contribution in [0.3, 0.4) is 0 Å². The van der Waals surface area contributed by atoms with Crippen molar-refractivity contribution in [3.05, 3.63) is 47.2 Å². The lowest BCUT2D eigenvalue weighted by Gasteiger charge is -2.21. The topological polar surface area (TPSA) is 77.2 Å². The number of benzene rings is 1. The monoisotopic (exact) mass is 399 g/mol. The van der Waals surface area contributed by atoms with Gasteiger partial charge in [-0.2, -0.15) is 4.98 Å². The molecule has 3 rings (SSSR count). The fourth-order valence-electron chi connectivity index (χ4n) is 2.75. The predicted molar refractivity (Wildman–Crippen MR) is 111 cm³/mol. The van der Waals surface area contributed by atoms with E-state index in [-0.39, 0.29) is 11.3 Å². The van der Waals surface area contributed by atoms with Crippen LogP contribution in [-0.4, -0.2) is 23.2 Å². The second kappa shape index (κ2) is 8.56. The van der Waals surface area contributed by atoms with Gasteiger partial charge in [0.15, 0.2) is 0 Å². The number of rotatable bonds is 7. The molecule has 1 N–H and O–H groups in total. The van der Waals surface area contributed by atoms with Gasteiger partial charge in [-0.05, 0) is 41.0 Å². The summed E-state index contributed by atoms with van der Waals surface area (Å²) in [6.45, 7) is 6.40. The van der Waals surface area contributed by atoms with Gasteiger partial charge in [-0.15, -0.1) is 11.3 Å². The Morgan fingerprint density at radius 3 is 2.79 bits per heavy atom. The Hall–Kier alpha value is -2.67. The van der Waals surface area contributed by atoms with Crippen molar-refractivity contribution in [2.45, 2.75) is 45.4 Å². The van der Waals surface area contributed by atoms with Crippen molar-refractivity contribution in [1.82, 2.24) is 10.1 Å². The SMILES string of the molecule is COc1ccc(C(C)(C)C)cc1NC(=O)CCCc1nc(-c2cccs2)no1. The van der Waals surface area contributed by atoms with E-state index >= 15 is 0 Å². The molecule has 2 aromatic heterocycles. The number of nitrogens with one attached hydrogen (secondary N) is 1. The number of hydrogen-bond donors (Lipinski definition) is 1. The molecule has 2 heterocycles. The van der Waals surface area contributed by atoms with Gasteiger partial charge in [0.05, 0.1) is 17.7 Å². The Kier molecular flexibility index (Phi) is 6.14. The van der Waals surface area contributed by atoms with Crippen molar-refractivity contribution in [2.75, 3.05) is 12.4 Å². The molecule has 0 atom stereocenters. The first-order valence-corrected chi connectivity index (χ1v) is 10.1. The van der Waals surface area contributed by atoms with E-state index in [9.17, 15) is 4.79 Å². The average Bonchev–Trinajstić information content (AvgIpc) is 3.32. The van der Waals surface area contributed by atoms with E-state index in [1.807, 2.05) is 35.7 Å². The van der Waals surface area contributed by atoms with Crippen LogP contribution in [-0.2, 0) is 16.6 Å². The number of aryl methyl sites for hydroxylation is 1. The van der Waals surface area contributed by atoms with Crippen molar-refractivity contribution in [3.8, 4) is 16.5 Å². The van der Waals surface area contributed by atoms with Crippen LogP contribution >= 0.6 is 11.3 Å². The molecule has 0 aliphatic carbocycles. The van der Waals surface area contributed by atoms with Crippen LogP contribution in [0, 0.1) is 0 Å². The molecule has 0 aliphatic rings. The van der Waals surface area contributed by atoms with Crippen molar-refractivity contribution in [1.29, 1.82) is 0 Å². The highest BCUT2D eigenvalue weighted by molar-refractivity contribution is 7.13. The molecule has 148 valence electrons. The van der Waals surface area contributed by atoms with E-state index in [0.29, 0.717) is 42.4 Å². The van der Waals surface area contributed by atoms with Gasteiger partial charge in [0.2, 0.25) is 17.6 Å². The van der Waals surface area contributed by atoms with Gasteiger partial charge >= 0.3 is 0 Å². The largest absolute Gasteiger partial charge is 0.495 e. The van der Waals surface area contributed by atoms with E-state index in [1.54, 1.807) is 18.4 Å². The highest BCUT2D eigenvalue weighted by Gasteiger charge is 2.17. The Morgan fingerprint density at radius 1 is 1.29 bits per heavy atom. The van der Waals surface area contributed by atoms with Gasteiger partial charge < -0.3 is 14.6 Å². The third kappa shape index (κ3) is 4.98. The number of carbonyl (C=O) groups is 1. The Bertz CT molecular complexity index is 927. The molecule has 0 saturated heterocycles. The summed E-state index contributed by atoms with van der Waals surface area (Å²) in [6.07, 6.45) is 1.55. The first-order chi connectivity index (χ1) is 13.4. The second-order valence-electron chi connectivity index (χ2n) is 7.56. The first-order valence-electron chi connectivity index (χ1n) is 9.21. The van der Waals surface area contributed by atoms with Crippen molar-refractivity contribution in [3.63, 3.8) is 0 Å². The van der Waals surface area contributed by atoms with Crippen LogP contribution in [0.5, 0.6) is 5.75 Å². The molecule has 0 bridgehead atoms. The molecule has 3 aromatic rings. The van der Waals surface area contributed by atoms with E-state index in [1.165, 1.54) is 0 Å². The Labute approximate surface area is 168 Å². The molecule has 0 spiro atoms. The highest BCUT2D eigenvalue weighted by Crippen LogP contribution is 2.31. The molecule has 0 unspecified atom stereocenters. The van der Waals surface area contributed by atoms with Gasteiger partial charge in [0, 0.05) is 12.8 Å². The van der Waals surface area contributed by atoms with Crippen molar-refractivity contribution < 1.29 is 14.1 Å². The Morgan fingerprint density at radius 2 is 2.11 bits per heavy atom. The predicted octanol–water partition coefficient (Wildman–Crippen LogP) is 5.07. The van der Waals surface area contributed by atoms with E-state index in [2.05, 4.69) is 36.2 Å². The number of carbonyl (C=O) groups excluding carboxylic acids is 1.